The molecule has 2 fully saturated rings. The van der Waals surface area contributed by atoms with Crippen molar-refractivity contribution in [1.82, 2.24) is 14.8 Å². The van der Waals surface area contributed by atoms with E-state index in [0.29, 0.717) is 55.1 Å². The summed E-state index contributed by atoms with van der Waals surface area (Å²) in [6.07, 6.45) is 6.00. The number of H-pyrrole nitrogens is 1. The number of hydrogen-bond acceptors (Lipinski definition) is 4. The summed E-state index contributed by atoms with van der Waals surface area (Å²) in [5, 5.41) is 0. The van der Waals surface area contributed by atoms with Gasteiger partial charge in [0.05, 0.1) is 12.2 Å². The van der Waals surface area contributed by atoms with E-state index in [4.69, 9.17) is 4.74 Å². The lowest BCUT2D eigenvalue weighted by molar-refractivity contribution is -0.136. The summed E-state index contributed by atoms with van der Waals surface area (Å²) in [5.41, 5.74) is 2.17. The number of piperidine rings is 1. The molecule has 2 aliphatic heterocycles. The number of esters is 1. The van der Waals surface area contributed by atoms with Crippen molar-refractivity contribution < 1.29 is 19.1 Å². The van der Waals surface area contributed by atoms with E-state index in [9.17, 15) is 14.4 Å². The lowest BCUT2D eigenvalue weighted by Crippen LogP contribution is -2.44. The standard InChI is InChI=1S/C22H33N3O4/c1-4-29-22(28)18-15(2)19(23-16(18)3)21(27)25-13-9-17(10-14-25)20(26)24-11-7-5-6-8-12-24/h17,23H,4-14H2,1-3H3. The maximum atomic E-state index is 13.0. The molecule has 160 valence electrons. The second-order valence-electron chi connectivity index (χ2n) is 8.15. The van der Waals surface area contributed by atoms with Crippen molar-refractivity contribution in [2.24, 2.45) is 5.92 Å². The van der Waals surface area contributed by atoms with Gasteiger partial charge in [-0.25, -0.2) is 4.79 Å². The summed E-state index contributed by atoms with van der Waals surface area (Å²) in [4.78, 5) is 45.0. The van der Waals surface area contributed by atoms with E-state index >= 15 is 0 Å². The molecule has 7 nitrogen and oxygen atoms in total. The zero-order valence-electron chi connectivity index (χ0n) is 17.9. The van der Waals surface area contributed by atoms with Crippen LogP contribution in [0.15, 0.2) is 0 Å². The van der Waals surface area contributed by atoms with Crippen molar-refractivity contribution in [3.8, 4) is 0 Å². The molecular formula is C22H33N3O4. The molecule has 29 heavy (non-hydrogen) atoms. The fourth-order valence-electron chi connectivity index (χ4n) is 4.51. The van der Waals surface area contributed by atoms with Crippen LogP contribution >= 0.6 is 0 Å². The first kappa shape index (κ1) is 21.4. The summed E-state index contributed by atoms with van der Waals surface area (Å²) in [6, 6.07) is 0. The van der Waals surface area contributed by atoms with Gasteiger partial charge >= 0.3 is 5.97 Å². The first-order valence-corrected chi connectivity index (χ1v) is 10.9. The van der Waals surface area contributed by atoms with Crippen molar-refractivity contribution >= 4 is 17.8 Å². The number of amides is 2. The molecular weight excluding hydrogens is 370 g/mol. The average molecular weight is 404 g/mol. The number of carbonyl (C=O) groups is 3. The molecule has 0 spiro atoms. The van der Waals surface area contributed by atoms with E-state index in [1.54, 1.807) is 25.7 Å². The number of ether oxygens (including phenoxy) is 1. The van der Waals surface area contributed by atoms with Crippen molar-refractivity contribution in [3.63, 3.8) is 0 Å². The Balaban J connectivity index is 1.62. The van der Waals surface area contributed by atoms with Crippen LogP contribution in [0.25, 0.3) is 0 Å². The molecule has 0 bridgehead atoms. The van der Waals surface area contributed by atoms with Gasteiger partial charge in [0.25, 0.3) is 5.91 Å². The summed E-state index contributed by atoms with van der Waals surface area (Å²) in [7, 11) is 0. The van der Waals surface area contributed by atoms with Gasteiger partial charge in [0.2, 0.25) is 5.91 Å². The molecule has 0 radical (unpaired) electrons. The Morgan fingerprint density at radius 3 is 2.17 bits per heavy atom. The zero-order chi connectivity index (χ0) is 21.0. The summed E-state index contributed by atoms with van der Waals surface area (Å²) < 4.78 is 5.11. The van der Waals surface area contributed by atoms with E-state index in [1.807, 2.05) is 4.90 Å². The van der Waals surface area contributed by atoms with Gasteiger partial charge in [-0.15, -0.1) is 0 Å². The molecule has 1 N–H and O–H groups in total. The SMILES string of the molecule is CCOC(=O)c1c(C)[nH]c(C(=O)N2CCC(C(=O)N3CCCCCC3)CC2)c1C. The maximum Gasteiger partial charge on any atom is 0.340 e. The Hall–Kier alpha value is -2.31. The normalized spacial score (nSPS) is 18.4. The monoisotopic (exact) mass is 403 g/mol. The number of nitrogens with one attached hydrogen (secondary N) is 1. The largest absolute Gasteiger partial charge is 0.462 e. The second kappa shape index (κ2) is 9.46. The summed E-state index contributed by atoms with van der Waals surface area (Å²) >= 11 is 0. The van der Waals surface area contributed by atoms with Crippen LogP contribution in [0.5, 0.6) is 0 Å². The highest BCUT2D eigenvalue weighted by Crippen LogP contribution is 2.25. The molecule has 0 saturated carbocycles. The maximum absolute atomic E-state index is 13.0. The molecule has 3 heterocycles. The van der Waals surface area contributed by atoms with Crippen LogP contribution in [0.1, 0.15) is 77.6 Å². The van der Waals surface area contributed by atoms with Gasteiger partial charge in [0.15, 0.2) is 0 Å². The van der Waals surface area contributed by atoms with E-state index in [0.717, 1.165) is 25.9 Å². The van der Waals surface area contributed by atoms with Crippen molar-refractivity contribution in [2.75, 3.05) is 32.8 Å². The minimum Gasteiger partial charge on any atom is -0.462 e. The van der Waals surface area contributed by atoms with E-state index in [-0.39, 0.29) is 17.7 Å². The van der Waals surface area contributed by atoms with Gasteiger partial charge in [-0.1, -0.05) is 12.8 Å². The van der Waals surface area contributed by atoms with E-state index in [2.05, 4.69) is 4.98 Å². The van der Waals surface area contributed by atoms with Crippen LogP contribution in [0, 0.1) is 19.8 Å². The van der Waals surface area contributed by atoms with Gasteiger partial charge < -0.3 is 19.5 Å². The topological polar surface area (TPSA) is 82.7 Å². The molecule has 2 amide bonds. The lowest BCUT2D eigenvalue weighted by Gasteiger charge is -2.34. The van der Waals surface area contributed by atoms with Gasteiger partial charge in [-0.05, 0) is 52.0 Å². The van der Waals surface area contributed by atoms with Crippen LogP contribution < -0.4 is 0 Å². The van der Waals surface area contributed by atoms with Crippen molar-refractivity contribution in [1.29, 1.82) is 0 Å². The fourth-order valence-corrected chi connectivity index (χ4v) is 4.51. The third kappa shape index (κ3) is 4.65. The molecule has 2 saturated heterocycles. The Kier molecular flexibility index (Phi) is 6.98. The van der Waals surface area contributed by atoms with Crippen LogP contribution in [-0.4, -0.2) is 65.4 Å². The molecule has 2 aliphatic rings. The first-order valence-electron chi connectivity index (χ1n) is 10.9. The van der Waals surface area contributed by atoms with Gasteiger partial charge in [-0.2, -0.15) is 0 Å². The number of aryl methyl sites for hydroxylation is 1. The third-order valence-corrected chi connectivity index (χ3v) is 6.18. The Morgan fingerprint density at radius 2 is 1.59 bits per heavy atom. The molecule has 0 unspecified atom stereocenters. The van der Waals surface area contributed by atoms with Crippen LogP contribution in [-0.2, 0) is 9.53 Å². The Labute approximate surface area is 172 Å². The molecule has 0 aliphatic carbocycles. The smallest absolute Gasteiger partial charge is 0.340 e. The molecule has 3 rings (SSSR count). The number of hydrogen-bond donors (Lipinski definition) is 1. The van der Waals surface area contributed by atoms with Crippen LogP contribution in [0.2, 0.25) is 0 Å². The summed E-state index contributed by atoms with van der Waals surface area (Å²) in [5.74, 6) is -0.240. The molecule has 0 aromatic carbocycles. The number of rotatable bonds is 4. The zero-order valence-corrected chi connectivity index (χ0v) is 17.9. The predicted octanol–water partition coefficient (Wildman–Crippen LogP) is 3.06. The molecule has 1 aromatic heterocycles. The van der Waals surface area contributed by atoms with Gasteiger partial charge in [0.1, 0.15) is 5.69 Å². The van der Waals surface area contributed by atoms with E-state index < -0.39 is 5.97 Å². The Bertz CT molecular complexity index is 754. The lowest BCUT2D eigenvalue weighted by atomic mass is 9.94. The summed E-state index contributed by atoms with van der Waals surface area (Å²) in [6.45, 7) is 8.49. The number of likely N-dealkylation sites (tertiary alicyclic amines) is 2. The van der Waals surface area contributed by atoms with Crippen LogP contribution in [0.3, 0.4) is 0 Å². The van der Waals surface area contributed by atoms with Crippen LogP contribution in [0.4, 0.5) is 0 Å². The highest BCUT2D eigenvalue weighted by atomic mass is 16.5. The molecule has 0 atom stereocenters. The second-order valence-corrected chi connectivity index (χ2v) is 8.15. The third-order valence-electron chi connectivity index (χ3n) is 6.18. The Morgan fingerprint density at radius 1 is 0.966 bits per heavy atom. The highest BCUT2D eigenvalue weighted by molar-refractivity contribution is 6.00. The first-order chi connectivity index (χ1) is 13.9. The van der Waals surface area contributed by atoms with Crippen molar-refractivity contribution in [2.45, 2.75) is 59.3 Å². The number of aromatic amines is 1. The number of carbonyl (C=O) groups excluding carboxylic acids is 3. The van der Waals surface area contributed by atoms with Gasteiger partial charge in [0, 0.05) is 37.8 Å². The quantitative estimate of drug-likeness (QED) is 0.783. The average Bonchev–Trinajstić information content (AvgIpc) is 2.89. The van der Waals surface area contributed by atoms with E-state index in [1.165, 1.54) is 12.8 Å². The number of nitrogens with zero attached hydrogens (tertiary/aromatic N) is 2. The fraction of sp³-hybridized carbons (Fsp3) is 0.682. The predicted molar refractivity (Wildman–Crippen MR) is 110 cm³/mol. The van der Waals surface area contributed by atoms with Crippen molar-refractivity contribution in [3.05, 3.63) is 22.5 Å². The minimum absolute atomic E-state index is 0.0127. The highest BCUT2D eigenvalue weighted by Gasteiger charge is 2.32. The number of aromatic nitrogens is 1. The molecule has 7 heteroatoms. The van der Waals surface area contributed by atoms with Gasteiger partial charge in [-0.3, -0.25) is 9.59 Å². The minimum atomic E-state index is -0.403. The molecule has 1 aromatic rings.